The van der Waals surface area contributed by atoms with Crippen molar-refractivity contribution in [2.24, 2.45) is 7.05 Å². The molecule has 1 heterocycles. The van der Waals surface area contributed by atoms with E-state index in [2.05, 4.69) is 4.74 Å². The van der Waals surface area contributed by atoms with Gasteiger partial charge in [-0.2, -0.15) is 8.78 Å². The van der Waals surface area contributed by atoms with E-state index in [4.69, 9.17) is 0 Å². The van der Waals surface area contributed by atoms with E-state index in [1.54, 1.807) is 24.3 Å². The number of aryl methyl sites for hydroxylation is 1. The Kier molecular flexibility index (Phi) is 3.57. The van der Waals surface area contributed by atoms with Crippen LogP contribution in [0.2, 0.25) is 0 Å². The van der Waals surface area contributed by atoms with Crippen LogP contribution in [0.15, 0.2) is 35.1 Å². The summed E-state index contributed by atoms with van der Waals surface area (Å²) in [7, 11) is 1.38. The number of benzene rings is 1. The number of ether oxygens (including phenoxy) is 1. The molecule has 2 aromatic rings. The van der Waals surface area contributed by atoms with Gasteiger partial charge in [0.1, 0.15) is 0 Å². The van der Waals surface area contributed by atoms with E-state index in [-0.39, 0.29) is 6.61 Å². The number of aromatic nitrogens is 1. The highest BCUT2D eigenvalue weighted by atomic mass is 19.3. The van der Waals surface area contributed by atoms with Crippen molar-refractivity contribution >= 4 is 16.9 Å². The Morgan fingerprint density at radius 2 is 2.00 bits per heavy atom. The third-order valence-electron chi connectivity index (χ3n) is 3.00. The first-order valence-corrected chi connectivity index (χ1v) is 6.04. The van der Waals surface area contributed by atoms with Crippen molar-refractivity contribution in [1.29, 1.82) is 0 Å². The summed E-state index contributed by atoms with van der Waals surface area (Å²) in [6.45, 7) is 1.24. The number of hydrogen-bond acceptors (Lipinski definition) is 3. The van der Waals surface area contributed by atoms with Crippen molar-refractivity contribution < 1.29 is 18.3 Å². The number of carbonyl (C=O) groups excluding carboxylic acids is 1. The Bertz CT molecular complexity index is 722. The molecule has 0 spiro atoms. The zero-order valence-electron chi connectivity index (χ0n) is 11.0. The molecular formula is C14H13F2NO3. The zero-order valence-corrected chi connectivity index (χ0v) is 11.0. The smallest absolute Gasteiger partial charge is 0.382 e. The van der Waals surface area contributed by atoms with Gasteiger partial charge < -0.3 is 9.30 Å². The van der Waals surface area contributed by atoms with Crippen LogP contribution in [0.3, 0.4) is 0 Å². The van der Waals surface area contributed by atoms with Crippen molar-refractivity contribution in [1.82, 2.24) is 4.57 Å². The summed E-state index contributed by atoms with van der Waals surface area (Å²) >= 11 is 0. The number of rotatable bonds is 3. The molecule has 0 amide bonds. The third-order valence-corrected chi connectivity index (χ3v) is 3.00. The fourth-order valence-corrected chi connectivity index (χ4v) is 1.98. The van der Waals surface area contributed by atoms with Gasteiger partial charge in [-0.1, -0.05) is 18.2 Å². The van der Waals surface area contributed by atoms with Crippen LogP contribution in [-0.4, -0.2) is 17.1 Å². The molecule has 1 aromatic carbocycles. The van der Waals surface area contributed by atoms with Crippen molar-refractivity contribution in [2.45, 2.75) is 12.8 Å². The molecule has 0 N–H and O–H groups in total. The highest BCUT2D eigenvalue weighted by Gasteiger charge is 2.45. The number of nitrogens with zero attached hydrogens (tertiary/aromatic N) is 1. The summed E-state index contributed by atoms with van der Waals surface area (Å²) < 4.78 is 33.5. The largest absolute Gasteiger partial charge is 0.461 e. The minimum Gasteiger partial charge on any atom is -0.461 e. The normalized spacial score (nSPS) is 11.6. The van der Waals surface area contributed by atoms with Crippen LogP contribution in [-0.2, 0) is 22.5 Å². The summed E-state index contributed by atoms with van der Waals surface area (Å²) in [5.41, 5.74) is -1.28. The number of alkyl halides is 2. The molecule has 0 saturated heterocycles. The minimum absolute atomic E-state index is 0.178. The molecule has 0 bridgehead atoms. The molecule has 0 aliphatic heterocycles. The molecule has 0 fully saturated rings. The lowest BCUT2D eigenvalue weighted by molar-refractivity contribution is -0.173. The quantitative estimate of drug-likeness (QED) is 0.810. The van der Waals surface area contributed by atoms with Crippen molar-refractivity contribution in [3.05, 3.63) is 46.2 Å². The lowest BCUT2D eigenvalue weighted by atomic mass is 10.1. The number of para-hydroxylation sites is 1. The molecule has 0 aliphatic carbocycles. The highest BCUT2D eigenvalue weighted by molar-refractivity contribution is 5.84. The van der Waals surface area contributed by atoms with Gasteiger partial charge in [0.25, 0.3) is 5.56 Å². The van der Waals surface area contributed by atoms with Gasteiger partial charge in [-0.15, -0.1) is 0 Å². The predicted molar refractivity (Wildman–Crippen MR) is 69.7 cm³/mol. The second kappa shape index (κ2) is 5.03. The van der Waals surface area contributed by atoms with Crippen molar-refractivity contribution in [3.63, 3.8) is 0 Å². The lowest BCUT2D eigenvalue weighted by Crippen LogP contribution is -2.36. The van der Waals surface area contributed by atoms with Gasteiger partial charge >= 0.3 is 11.9 Å². The van der Waals surface area contributed by atoms with Crippen LogP contribution in [0.4, 0.5) is 8.78 Å². The Morgan fingerprint density at radius 1 is 1.35 bits per heavy atom. The van der Waals surface area contributed by atoms with E-state index >= 15 is 0 Å². The lowest BCUT2D eigenvalue weighted by Gasteiger charge is -2.16. The van der Waals surface area contributed by atoms with Crippen LogP contribution >= 0.6 is 0 Å². The summed E-state index contributed by atoms with van der Waals surface area (Å²) in [5.74, 6) is -5.68. The van der Waals surface area contributed by atoms with Crippen LogP contribution in [0.1, 0.15) is 12.5 Å². The predicted octanol–water partition coefficient (Wildman–Crippen LogP) is 2.19. The number of carbonyl (C=O) groups is 1. The molecule has 0 unspecified atom stereocenters. The number of pyridine rings is 1. The number of fused-ring (bicyclic) bond motifs is 1. The number of halogens is 2. The Labute approximate surface area is 113 Å². The van der Waals surface area contributed by atoms with Crippen molar-refractivity contribution in [3.8, 4) is 0 Å². The second-order valence-electron chi connectivity index (χ2n) is 4.28. The van der Waals surface area contributed by atoms with Crippen LogP contribution < -0.4 is 5.56 Å². The SMILES string of the molecule is CCOC(=O)C(F)(F)c1cc2ccccc2n(C)c1=O. The van der Waals surface area contributed by atoms with Gasteiger partial charge in [0.05, 0.1) is 17.7 Å². The first-order chi connectivity index (χ1) is 9.39. The molecule has 0 atom stereocenters. The van der Waals surface area contributed by atoms with Gasteiger partial charge in [-0.05, 0) is 24.4 Å². The topological polar surface area (TPSA) is 48.3 Å². The molecule has 4 nitrogen and oxygen atoms in total. The van der Waals surface area contributed by atoms with Gasteiger partial charge in [-0.3, -0.25) is 4.79 Å². The van der Waals surface area contributed by atoms with Crippen LogP contribution in [0.25, 0.3) is 10.9 Å². The first-order valence-electron chi connectivity index (χ1n) is 6.04. The molecule has 106 valence electrons. The Balaban J connectivity index is 2.69. The highest BCUT2D eigenvalue weighted by Crippen LogP contribution is 2.29. The van der Waals surface area contributed by atoms with Gasteiger partial charge in [0, 0.05) is 7.05 Å². The maximum atomic E-state index is 14.0. The van der Waals surface area contributed by atoms with E-state index in [0.29, 0.717) is 10.9 Å². The van der Waals surface area contributed by atoms with Gasteiger partial charge in [0.15, 0.2) is 0 Å². The number of hydrogen-bond donors (Lipinski definition) is 0. The minimum atomic E-state index is -3.96. The maximum Gasteiger partial charge on any atom is 0.382 e. The molecule has 0 saturated carbocycles. The van der Waals surface area contributed by atoms with Crippen molar-refractivity contribution in [2.75, 3.05) is 6.61 Å². The summed E-state index contributed by atoms with van der Waals surface area (Å²) in [5, 5.41) is 0.452. The number of esters is 1. The van der Waals surface area contributed by atoms with E-state index in [0.717, 1.165) is 10.6 Å². The zero-order chi connectivity index (χ0) is 14.9. The Hall–Kier alpha value is -2.24. The third kappa shape index (κ3) is 2.17. The van der Waals surface area contributed by atoms with Gasteiger partial charge in [0.2, 0.25) is 0 Å². The average molecular weight is 281 g/mol. The van der Waals surface area contributed by atoms with Crippen LogP contribution in [0, 0.1) is 0 Å². The first kappa shape index (κ1) is 14.2. The van der Waals surface area contributed by atoms with E-state index in [1.165, 1.54) is 14.0 Å². The van der Waals surface area contributed by atoms with E-state index in [9.17, 15) is 18.4 Å². The maximum absolute atomic E-state index is 14.0. The summed E-state index contributed by atoms with van der Waals surface area (Å²) in [6.07, 6.45) is 0. The fraction of sp³-hybridized carbons (Fsp3) is 0.286. The molecule has 0 radical (unpaired) electrons. The summed E-state index contributed by atoms with van der Waals surface area (Å²) in [4.78, 5) is 23.4. The molecular weight excluding hydrogens is 268 g/mol. The molecule has 2 rings (SSSR count). The van der Waals surface area contributed by atoms with Gasteiger partial charge in [-0.25, -0.2) is 4.79 Å². The van der Waals surface area contributed by atoms with E-state index in [1.807, 2.05) is 0 Å². The average Bonchev–Trinajstić information content (AvgIpc) is 2.43. The van der Waals surface area contributed by atoms with E-state index < -0.39 is 23.0 Å². The molecule has 20 heavy (non-hydrogen) atoms. The molecule has 6 heteroatoms. The fourth-order valence-electron chi connectivity index (χ4n) is 1.98. The Morgan fingerprint density at radius 3 is 2.65 bits per heavy atom. The standard InChI is InChI=1S/C14H13F2NO3/c1-3-20-13(19)14(15,16)10-8-9-6-4-5-7-11(9)17(2)12(10)18/h4-8H,3H2,1-2H3. The summed E-state index contributed by atoms with van der Waals surface area (Å²) in [6, 6.07) is 7.64. The molecule has 1 aromatic heterocycles. The monoisotopic (exact) mass is 281 g/mol. The second-order valence-corrected chi connectivity index (χ2v) is 4.28. The van der Waals surface area contributed by atoms with Crippen LogP contribution in [0.5, 0.6) is 0 Å². The molecule has 0 aliphatic rings.